The molecule has 7 heteroatoms. The van der Waals surface area contributed by atoms with E-state index in [0.717, 1.165) is 19.3 Å². The Bertz CT molecular complexity index is 527. The molecular formula is C13H19FN2O3S. The summed E-state index contributed by atoms with van der Waals surface area (Å²) in [5.41, 5.74) is 0.479. The van der Waals surface area contributed by atoms with Crippen LogP contribution < -0.4 is 4.72 Å². The average molecular weight is 302 g/mol. The molecule has 1 aliphatic heterocycles. The van der Waals surface area contributed by atoms with Crippen LogP contribution in [-0.2, 0) is 10.2 Å². The summed E-state index contributed by atoms with van der Waals surface area (Å²) in [4.78, 5) is 0. The molecule has 1 aromatic carbocycles. The molecule has 5 nitrogen and oxygen atoms in total. The van der Waals surface area contributed by atoms with Crippen molar-refractivity contribution in [1.82, 2.24) is 9.03 Å². The largest absolute Gasteiger partial charge is 0.387 e. The van der Waals surface area contributed by atoms with Gasteiger partial charge in [-0.05, 0) is 30.5 Å². The molecule has 1 heterocycles. The summed E-state index contributed by atoms with van der Waals surface area (Å²) in [7, 11) is -3.55. The van der Waals surface area contributed by atoms with Gasteiger partial charge in [0.05, 0.1) is 6.10 Å². The normalized spacial score (nSPS) is 18.9. The Morgan fingerprint density at radius 3 is 2.40 bits per heavy atom. The molecule has 0 radical (unpaired) electrons. The predicted molar refractivity (Wildman–Crippen MR) is 73.7 cm³/mol. The molecule has 0 aliphatic carbocycles. The molecule has 1 unspecified atom stereocenters. The van der Waals surface area contributed by atoms with E-state index in [0.29, 0.717) is 18.7 Å². The SMILES string of the molecule is O=S(=O)(NCC(O)c1ccc(F)cc1)N1CCCCC1. The maximum Gasteiger partial charge on any atom is 0.279 e. The zero-order valence-corrected chi connectivity index (χ0v) is 11.9. The molecule has 0 aromatic heterocycles. The van der Waals surface area contributed by atoms with Crippen molar-refractivity contribution in [2.24, 2.45) is 0 Å². The molecular weight excluding hydrogens is 283 g/mol. The minimum absolute atomic E-state index is 0.121. The fraction of sp³-hybridized carbons (Fsp3) is 0.538. The number of piperidine rings is 1. The van der Waals surface area contributed by atoms with Gasteiger partial charge in [0.25, 0.3) is 10.2 Å². The van der Waals surface area contributed by atoms with Crippen LogP contribution in [0.4, 0.5) is 4.39 Å². The zero-order valence-electron chi connectivity index (χ0n) is 11.1. The first-order chi connectivity index (χ1) is 9.49. The van der Waals surface area contributed by atoms with Crippen LogP contribution in [0.3, 0.4) is 0 Å². The van der Waals surface area contributed by atoms with Crippen molar-refractivity contribution in [3.05, 3.63) is 35.6 Å². The quantitative estimate of drug-likeness (QED) is 0.858. The van der Waals surface area contributed by atoms with Crippen molar-refractivity contribution >= 4 is 10.2 Å². The van der Waals surface area contributed by atoms with E-state index in [9.17, 15) is 17.9 Å². The van der Waals surface area contributed by atoms with Crippen molar-refractivity contribution in [2.45, 2.75) is 25.4 Å². The Labute approximate surface area is 118 Å². The summed E-state index contributed by atoms with van der Waals surface area (Å²) in [6.45, 7) is 0.911. The third kappa shape index (κ3) is 3.99. The van der Waals surface area contributed by atoms with Gasteiger partial charge in [0.1, 0.15) is 5.82 Å². The summed E-state index contributed by atoms with van der Waals surface area (Å²) in [5, 5.41) is 9.91. The minimum Gasteiger partial charge on any atom is -0.387 e. The second-order valence-electron chi connectivity index (χ2n) is 4.88. The van der Waals surface area contributed by atoms with Gasteiger partial charge in [-0.15, -0.1) is 0 Å². The zero-order chi connectivity index (χ0) is 14.6. The van der Waals surface area contributed by atoms with Gasteiger partial charge in [0.2, 0.25) is 0 Å². The van der Waals surface area contributed by atoms with E-state index in [-0.39, 0.29) is 6.54 Å². The monoisotopic (exact) mass is 302 g/mol. The van der Waals surface area contributed by atoms with Crippen LogP contribution in [0.5, 0.6) is 0 Å². The molecule has 2 N–H and O–H groups in total. The van der Waals surface area contributed by atoms with Crippen LogP contribution >= 0.6 is 0 Å². The molecule has 1 aliphatic rings. The molecule has 1 aromatic rings. The van der Waals surface area contributed by atoms with Gasteiger partial charge >= 0.3 is 0 Å². The van der Waals surface area contributed by atoms with Crippen LogP contribution in [0.15, 0.2) is 24.3 Å². The molecule has 0 saturated carbocycles. The molecule has 0 bridgehead atoms. The van der Waals surface area contributed by atoms with Gasteiger partial charge in [-0.3, -0.25) is 0 Å². The van der Waals surface area contributed by atoms with Gasteiger partial charge in [-0.2, -0.15) is 17.4 Å². The molecule has 20 heavy (non-hydrogen) atoms. The fourth-order valence-corrected chi connectivity index (χ4v) is 3.47. The first-order valence-electron chi connectivity index (χ1n) is 6.67. The maximum absolute atomic E-state index is 12.8. The smallest absolute Gasteiger partial charge is 0.279 e. The Balaban J connectivity index is 1.91. The number of aliphatic hydroxyl groups excluding tert-OH is 1. The second kappa shape index (κ2) is 6.62. The number of rotatable bonds is 5. The van der Waals surface area contributed by atoms with Gasteiger partial charge in [0.15, 0.2) is 0 Å². The highest BCUT2D eigenvalue weighted by Gasteiger charge is 2.24. The maximum atomic E-state index is 12.8. The fourth-order valence-electron chi connectivity index (χ4n) is 2.18. The molecule has 1 saturated heterocycles. The molecule has 112 valence electrons. The Morgan fingerprint density at radius 2 is 1.80 bits per heavy atom. The first kappa shape index (κ1) is 15.4. The Hall–Kier alpha value is -1.02. The van der Waals surface area contributed by atoms with E-state index in [1.54, 1.807) is 0 Å². The van der Waals surface area contributed by atoms with Crippen molar-refractivity contribution in [2.75, 3.05) is 19.6 Å². The van der Waals surface area contributed by atoms with Crippen LogP contribution in [0.2, 0.25) is 0 Å². The van der Waals surface area contributed by atoms with Crippen LogP contribution in [-0.4, -0.2) is 37.5 Å². The van der Waals surface area contributed by atoms with Gasteiger partial charge < -0.3 is 5.11 Å². The summed E-state index contributed by atoms with van der Waals surface area (Å²) >= 11 is 0. The van der Waals surface area contributed by atoms with Crippen molar-refractivity contribution in [1.29, 1.82) is 0 Å². The lowest BCUT2D eigenvalue weighted by Crippen LogP contribution is -2.44. The minimum atomic E-state index is -3.55. The van der Waals surface area contributed by atoms with E-state index in [1.165, 1.54) is 28.6 Å². The number of benzene rings is 1. The van der Waals surface area contributed by atoms with Gasteiger partial charge in [0, 0.05) is 19.6 Å². The van der Waals surface area contributed by atoms with Crippen LogP contribution in [0.25, 0.3) is 0 Å². The topological polar surface area (TPSA) is 69.6 Å². The number of hydrogen-bond donors (Lipinski definition) is 2. The third-order valence-corrected chi connectivity index (χ3v) is 4.95. The lowest BCUT2D eigenvalue weighted by Gasteiger charge is -2.26. The standard InChI is InChI=1S/C13H19FN2O3S/c14-12-6-4-11(5-7-12)13(17)10-15-20(18,19)16-8-2-1-3-9-16/h4-7,13,15,17H,1-3,8-10H2. The Kier molecular flexibility index (Phi) is 5.09. The third-order valence-electron chi connectivity index (χ3n) is 3.37. The summed E-state index contributed by atoms with van der Waals surface area (Å²) in [5.74, 6) is -0.394. The predicted octanol–water partition coefficient (Wildman–Crippen LogP) is 1.18. The number of halogens is 1. The van der Waals surface area contributed by atoms with E-state index >= 15 is 0 Å². The van der Waals surface area contributed by atoms with Crippen molar-refractivity contribution in [3.63, 3.8) is 0 Å². The highest BCUT2D eigenvalue weighted by Crippen LogP contribution is 2.15. The van der Waals surface area contributed by atoms with Crippen LogP contribution in [0, 0.1) is 5.82 Å². The van der Waals surface area contributed by atoms with E-state index in [2.05, 4.69) is 4.72 Å². The van der Waals surface area contributed by atoms with Crippen molar-refractivity contribution < 1.29 is 17.9 Å². The highest BCUT2D eigenvalue weighted by molar-refractivity contribution is 7.87. The van der Waals surface area contributed by atoms with E-state index in [4.69, 9.17) is 0 Å². The molecule has 2 rings (SSSR count). The number of nitrogens with one attached hydrogen (secondary N) is 1. The lowest BCUT2D eigenvalue weighted by molar-refractivity contribution is 0.180. The summed E-state index contributed by atoms with van der Waals surface area (Å²) in [6, 6.07) is 5.35. The Morgan fingerprint density at radius 1 is 1.20 bits per heavy atom. The lowest BCUT2D eigenvalue weighted by atomic mass is 10.1. The average Bonchev–Trinajstić information content (AvgIpc) is 2.46. The highest BCUT2D eigenvalue weighted by atomic mass is 32.2. The van der Waals surface area contributed by atoms with Gasteiger partial charge in [-0.25, -0.2) is 4.39 Å². The number of nitrogens with zero attached hydrogens (tertiary/aromatic N) is 1. The van der Waals surface area contributed by atoms with Crippen molar-refractivity contribution in [3.8, 4) is 0 Å². The molecule has 0 amide bonds. The molecule has 1 atom stereocenters. The number of aliphatic hydroxyl groups is 1. The number of hydrogen-bond acceptors (Lipinski definition) is 3. The van der Waals surface area contributed by atoms with E-state index in [1.807, 2.05) is 0 Å². The van der Waals surface area contributed by atoms with E-state index < -0.39 is 22.1 Å². The van der Waals surface area contributed by atoms with Crippen LogP contribution in [0.1, 0.15) is 30.9 Å². The summed E-state index contributed by atoms with van der Waals surface area (Å²) < 4.78 is 40.6. The molecule has 1 fully saturated rings. The summed E-state index contributed by atoms with van der Waals surface area (Å²) in [6.07, 6.45) is 1.78. The first-order valence-corrected chi connectivity index (χ1v) is 8.11. The molecule has 0 spiro atoms. The second-order valence-corrected chi connectivity index (χ2v) is 6.64. The van der Waals surface area contributed by atoms with Gasteiger partial charge in [-0.1, -0.05) is 18.6 Å².